The fraction of sp³-hybridized carbons (Fsp3) is 0.500. The van der Waals surface area contributed by atoms with Crippen molar-refractivity contribution in [2.24, 2.45) is 0 Å². The van der Waals surface area contributed by atoms with Crippen LogP contribution in [0.15, 0.2) is 0 Å². The Morgan fingerprint density at radius 2 is 1.75 bits per heavy atom. The Morgan fingerprint density at radius 1 is 1.38 bits per heavy atom. The van der Waals surface area contributed by atoms with Crippen LogP contribution in [0.3, 0.4) is 0 Å². The van der Waals surface area contributed by atoms with Crippen LogP contribution in [0, 0.1) is 24.7 Å². The van der Waals surface area contributed by atoms with Gasteiger partial charge in [-0.15, -0.1) is 24.7 Å². The molecule has 0 aliphatic heterocycles. The Bertz CT molecular complexity index is 87.6. The number of terminal acetylenes is 2. The van der Waals surface area contributed by atoms with Crippen LogP contribution in [0.25, 0.3) is 0 Å². The molecule has 0 nitrogen and oxygen atoms in total. The van der Waals surface area contributed by atoms with Crippen LogP contribution < -0.4 is 0 Å². The second kappa shape index (κ2) is 16.5. The lowest BCUT2D eigenvalue weighted by Crippen LogP contribution is -1.53. The summed E-state index contributed by atoms with van der Waals surface area (Å²) in [5, 5.41) is 0. The van der Waals surface area contributed by atoms with Crippen molar-refractivity contribution in [3.8, 4) is 24.7 Å². The summed E-state index contributed by atoms with van der Waals surface area (Å²) in [6.45, 7) is 3.72. The molecule has 0 N–H and O–H groups in total. The molecule has 0 aromatic heterocycles. The summed E-state index contributed by atoms with van der Waals surface area (Å²) in [7, 11) is 0. The van der Waals surface area contributed by atoms with E-state index in [2.05, 4.69) is 25.2 Å². The molecule has 0 spiro atoms. The molecular weight excluding hydrogens is 96.1 g/mol. The third-order valence-corrected chi connectivity index (χ3v) is 0.394. The average Bonchev–Trinajstić information content (AvgIpc) is 1.71. The third kappa shape index (κ3) is 69.3. The van der Waals surface area contributed by atoms with E-state index in [1.54, 1.807) is 6.92 Å². The SMILES string of the molecule is C#CC.C#CCCC. The van der Waals surface area contributed by atoms with E-state index < -0.39 is 0 Å². The fourth-order valence-corrected chi connectivity index (χ4v) is 0.144. The minimum absolute atomic E-state index is 0.917. The van der Waals surface area contributed by atoms with Gasteiger partial charge in [-0.3, -0.25) is 0 Å². The summed E-state index contributed by atoms with van der Waals surface area (Å²) in [6, 6.07) is 0. The van der Waals surface area contributed by atoms with E-state index in [-0.39, 0.29) is 0 Å². The number of unbranched alkanes of at least 4 members (excludes halogenated alkanes) is 1. The van der Waals surface area contributed by atoms with E-state index in [0.717, 1.165) is 12.8 Å². The molecule has 8 heavy (non-hydrogen) atoms. The Hall–Kier alpha value is -0.880. The maximum Gasteiger partial charge on any atom is 0.00834 e. The van der Waals surface area contributed by atoms with Crippen molar-refractivity contribution in [1.29, 1.82) is 0 Å². The number of hydrogen-bond donors (Lipinski definition) is 0. The normalized spacial score (nSPS) is 5.00. The van der Waals surface area contributed by atoms with Crippen LogP contribution in [0.1, 0.15) is 26.7 Å². The Kier molecular flexibility index (Phi) is 21.0. The maximum atomic E-state index is 4.89. The molecule has 0 amide bonds. The number of hydrogen-bond acceptors (Lipinski definition) is 0. The van der Waals surface area contributed by atoms with Crippen LogP contribution in [-0.4, -0.2) is 0 Å². The summed E-state index contributed by atoms with van der Waals surface area (Å²) in [6.07, 6.45) is 11.5. The van der Waals surface area contributed by atoms with Crippen molar-refractivity contribution in [2.45, 2.75) is 26.7 Å². The van der Waals surface area contributed by atoms with E-state index in [0.29, 0.717) is 0 Å². The largest absolute Gasteiger partial charge is 0.120 e. The highest BCUT2D eigenvalue weighted by atomic mass is 13.7. The van der Waals surface area contributed by atoms with Gasteiger partial charge in [0.15, 0.2) is 0 Å². The highest BCUT2D eigenvalue weighted by Crippen LogP contribution is 1.77. The van der Waals surface area contributed by atoms with Crippen molar-refractivity contribution in [3.05, 3.63) is 0 Å². The standard InChI is InChI=1S/C5H8.C3H4/c1-3-5-4-2;1-3-2/h1H,4-5H2,2H3;1H,2H3. The molecule has 0 aliphatic rings. The number of rotatable bonds is 1. The molecule has 0 atom stereocenters. The lowest BCUT2D eigenvalue weighted by molar-refractivity contribution is 0.984. The molecule has 0 unspecified atom stereocenters. The highest BCUT2D eigenvalue weighted by molar-refractivity contribution is 4.81. The van der Waals surface area contributed by atoms with Crippen molar-refractivity contribution in [3.63, 3.8) is 0 Å². The quantitative estimate of drug-likeness (QED) is 0.451. The van der Waals surface area contributed by atoms with Gasteiger partial charge in [0.1, 0.15) is 0 Å². The summed E-state index contributed by atoms with van der Waals surface area (Å²) >= 11 is 0. The van der Waals surface area contributed by atoms with Crippen molar-refractivity contribution in [2.75, 3.05) is 0 Å². The van der Waals surface area contributed by atoms with Crippen molar-refractivity contribution in [1.82, 2.24) is 0 Å². The van der Waals surface area contributed by atoms with E-state index in [4.69, 9.17) is 6.42 Å². The van der Waals surface area contributed by atoms with Crippen LogP contribution in [0.5, 0.6) is 0 Å². The summed E-state index contributed by atoms with van der Waals surface area (Å²) in [5.74, 6) is 4.77. The van der Waals surface area contributed by atoms with Gasteiger partial charge in [-0.05, 0) is 13.3 Å². The summed E-state index contributed by atoms with van der Waals surface area (Å²) in [5.41, 5.74) is 0. The van der Waals surface area contributed by atoms with E-state index >= 15 is 0 Å². The molecular formula is C8H12. The van der Waals surface area contributed by atoms with Crippen LogP contribution >= 0.6 is 0 Å². The fourth-order valence-electron chi connectivity index (χ4n) is 0.144. The molecule has 0 saturated heterocycles. The van der Waals surface area contributed by atoms with Gasteiger partial charge in [0.05, 0.1) is 0 Å². The van der Waals surface area contributed by atoms with Gasteiger partial charge in [0, 0.05) is 6.42 Å². The molecule has 0 heterocycles. The Labute approximate surface area is 52.3 Å². The van der Waals surface area contributed by atoms with Crippen molar-refractivity contribution < 1.29 is 0 Å². The summed E-state index contributed by atoms with van der Waals surface area (Å²) in [4.78, 5) is 0. The first-order chi connectivity index (χ1) is 3.83. The zero-order valence-electron chi connectivity index (χ0n) is 5.57. The molecule has 0 heteroatoms. The zero-order chi connectivity index (χ0) is 6.83. The first kappa shape index (κ1) is 10.2. The van der Waals surface area contributed by atoms with Crippen molar-refractivity contribution >= 4 is 0 Å². The molecule has 0 bridgehead atoms. The van der Waals surface area contributed by atoms with Gasteiger partial charge < -0.3 is 0 Å². The van der Waals surface area contributed by atoms with Crippen LogP contribution in [0.2, 0.25) is 0 Å². The Morgan fingerprint density at radius 3 is 1.75 bits per heavy atom. The second-order valence-electron chi connectivity index (χ2n) is 1.24. The van der Waals surface area contributed by atoms with Gasteiger partial charge in [0.2, 0.25) is 0 Å². The van der Waals surface area contributed by atoms with Crippen LogP contribution in [0.4, 0.5) is 0 Å². The van der Waals surface area contributed by atoms with E-state index in [1.165, 1.54) is 0 Å². The predicted molar refractivity (Wildman–Crippen MR) is 38.2 cm³/mol. The first-order valence-corrected chi connectivity index (χ1v) is 2.64. The molecule has 0 rings (SSSR count). The smallest absolute Gasteiger partial charge is 0.00834 e. The summed E-state index contributed by atoms with van der Waals surface area (Å²) < 4.78 is 0. The van der Waals surface area contributed by atoms with E-state index in [1.807, 2.05) is 0 Å². The van der Waals surface area contributed by atoms with Gasteiger partial charge in [-0.25, -0.2) is 0 Å². The van der Waals surface area contributed by atoms with Gasteiger partial charge in [0.25, 0.3) is 0 Å². The molecule has 0 aromatic rings. The van der Waals surface area contributed by atoms with Gasteiger partial charge in [-0.2, -0.15) is 0 Å². The first-order valence-electron chi connectivity index (χ1n) is 2.64. The lowest BCUT2D eigenvalue weighted by atomic mass is 10.4. The molecule has 0 fully saturated rings. The molecule has 0 radical (unpaired) electrons. The van der Waals surface area contributed by atoms with Crippen LogP contribution in [-0.2, 0) is 0 Å². The lowest BCUT2D eigenvalue weighted by Gasteiger charge is -1.69. The van der Waals surface area contributed by atoms with Gasteiger partial charge >= 0.3 is 0 Å². The zero-order valence-corrected chi connectivity index (χ0v) is 5.57. The monoisotopic (exact) mass is 108 g/mol. The van der Waals surface area contributed by atoms with E-state index in [9.17, 15) is 0 Å². The minimum Gasteiger partial charge on any atom is -0.120 e. The van der Waals surface area contributed by atoms with Gasteiger partial charge in [-0.1, -0.05) is 6.92 Å². The second-order valence-corrected chi connectivity index (χ2v) is 1.24. The highest BCUT2D eigenvalue weighted by Gasteiger charge is 1.61. The molecule has 0 saturated carbocycles. The molecule has 0 aromatic carbocycles. The Balaban J connectivity index is 0. The molecule has 44 valence electrons. The predicted octanol–water partition coefficient (Wildman–Crippen LogP) is 2.06. The maximum absolute atomic E-state index is 4.89. The minimum atomic E-state index is 0.917. The topological polar surface area (TPSA) is 0 Å². The average molecular weight is 108 g/mol. The third-order valence-electron chi connectivity index (χ3n) is 0.394. The molecule has 0 aliphatic carbocycles.